The minimum Gasteiger partial charge on any atom is -0.419 e. The number of aromatic amines is 1. The van der Waals surface area contributed by atoms with E-state index in [2.05, 4.69) is 24.8 Å². The van der Waals surface area contributed by atoms with E-state index in [1.807, 2.05) is 37.3 Å². The van der Waals surface area contributed by atoms with Gasteiger partial charge in [-0.2, -0.15) is 0 Å². The largest absolute Gasteiger partial charge is 0.419 e. The van der Waals surface area contributed by atoms with Gasteiger partial charge in [0.2, 0.25) is 5.89 Å². The van der Waals surface area contributed by atoms with Crippen molar-refractivity contribution in [2.45, 2.75) is 13.3 Å². The van der Waals surface area contributed by atoms with E-state index in [4.69, 9.17) is 4.42 Å². The molecule has 3 aromatic heterocycles. The van der Waals surface area contributed by atoms with E-state index in [-0.39, 0.29) is 12.0 Å². The Bertz CT molecular complexity index is 1050. The predicted molar refractivity (Wildman–Crippen MR) is 85.3 cm³/mol. The molecule has 0 fully saturated rings. The summed E-state index contributed by atoms with van der Waals surface area (Å²) < 4.78 is 9.46. The zero-order valence-electron chi connectivity index (χ0n) is 12.1. The highest BCUT2D eigenvalue weighted by molar-refractivity contribution is 7.05. The fraction of sp³-hybridized carbons (Fsp3) is 0.133. The van der Waals surface area contributed by atoms with Crippen molar-refractivity contribution >= 4 is 22.4 Å². The molecule has 0 aliphatic carbocycles. The quantitative estimate of drug-likeness (QED) is 0.621. The molecule has 0 saturated heterocycles. The van der Waals surface area contributed by atoms with Crippen molar-refractivity contribution in [3.63, 3.8) is 0 Å². The van der Waals surface area contributed by atoms with Crippen LogP contribution in [0.15, 0.2) is 39.5 Å². The lowest BCUT2D eigenvalue weighted by Gasteiger charge is -2.00. The number of nitrogens with zero attached hydrogens (tertiary/aromatic N) is 4. The Morgan fingerprint density at radius 2 is 2.09 bits per heavy atom. The summed E-state index contributed by atoms with van der Waals surface area (Å²) in [5, 5.41) is 12.9. The number of nitrogens with one attached hydrogen (secondary N) is 1. The molecule has 0 aliphatic heterocycles. The number of H-pyrrole nitrogens is 1. The maximum Gasteiger partial charge on any atom is 0.269 e. The molecule has 114 valence electrons. The van der Waals surface area contributed by atoms with Crippen molar-refractivity contribution in [3.05, 3.63) is 57.0 Å². The lowest BCUT2D eigenvalue weighted by molar-refractivity contribution is 0.515. The molecule has 0 unspecified atom stereocenters. The summed E-state index contributed by atoms with van der Waals surface area (Å²) in [6.07, 6.45) is 0.268. The molecule has 0 saturated carbocycles. The van der Waals surface area contributed by atoms with Gasteiger partial charge in [-0.3, -0.25) is 4.79 Å². The molecular formula is C15H11N5O2S. The van der Waals surface area contributed by atoms with Crippen LogP contribution in [0.25, 0.3) is 22.5 Å². The van der Waals surface area contributed by atoms with Crippen LogP contribution < -0.4 is 5.56 Å². The van der Waals surface area contributed by atoms with E-state index in [9.17, 15) is 4.79 Å². The standard InChI is InChI=1S/C15H11N5O2S/c1-8-13(18-20-23-8)15-19-17-12(22-15)7-10-6-9-4-2-3-5-11(9)16-14(10)21/h2-6H,7H2,1H3,(H,16,21). The van der Waals surface area contributed by atoms with Crippen LogP contribution in [0.2, 0.25) is 0 Å². The smallest absolute Gasteiger partial charge is 0.269 e. The molecule has 0 radical (unpaired) electrons. The first-order valence-electron chi connectivity index (χ1n) is 6.93. The highest BCUT2D eigenvalue weighted by Crippen LogP contribution is 2.22. The highest BCUT2D eigenvalue weighted by Gasteiger charge is 2.15. The van der Waals surface area contributed by atoms with Crippen molar-refractivity contribution in [3.8, 4) is 11.6 Å². The van der Waals surface area contributed by atoms with E-state index in [1.54, 1.807) is 0 Å². The normalized spacial score (nSPS) is 11.2. The van der Waals surface area contributed by atoms with Crippen LogP contribution in [0, 0.1) is 6.92 Å². The first-order chi connectivity index (χ1) is 11.2. The number of benzene rings is 1. The maximum absolute atomic E-state index is 12.2. The molecule has 23 heavy (non-hydrogen) atoms. The van der Waals surface area contributed by atoms with Gasteiger partial charge >= 0.3 is 0 Å². The van der Waals surface area contributed by atoms with E-state index in [0.717, 1.165) is 15.8 Å². The van der Waals surface area contributed by atoms with Gasteiger partial charge < -0.3 is 9.40 Å². The third-order valence-electron chi connectivity index (χ3n) is 3.49. The Morgan fingerprint density at radius 1 is 1.22 bits per heavy atom. The molecule has 0 atom stereocenters. The van der Waals surface area contributed by atoms with E-state index >= 15 is 0 Å². The molecule has 3 heterocycles. The Labute approximate surface area is 134 Å². The molecule has 0 spiro atoms. The van der Waals surface area contributed by atoms with Gasteiger partial charge in [0.15, 0.2) is 5.69 Å². The van der Waals surface area contributed by atoms with Crippen LogP contribution in [0.4, 0.5) is 0 Å². The minimum atomic E-state index is -0.157. The van der Waals surface area contributed by atoms with Gasteiger partial charge in [0, 0.05) is 11.1 Å². The summed E-state index contributed by atoms with van der Waals surface area (Å²) in [5.74, 6) is 0.691. The SMILES string of the molecule is Cc1snnc1-c1nnc(Cc2cc3ccccc3[nH]c2=O)o1. The Balaban J connectivity index is 1.69. The molecule has 7 nitrogen and oxygen atoms in total. The first kappa shape index (κ1) is 13.8. The minimum absolute atomic E-state index is 0.157. The number of fused-ring (bicyclic) bond motifs is 1. The number of aryl methyl sites for hydroxylation is 1. The summed E-state index contributed by atoms with van der Waals surface area (Å²) in [5.41, 5.74) is 1.81. The van der Waals surface area contributed by atoms with Gasteiger partial charge in [-0.05, 0) is 36.0 Å². The molecule has 1 N–H and O–H groups in total. The molecule has 4 aromatic rings. The highest BCUT2D eigenvalue weighted by atomic mass is 32.1. The number of para-hydroxylation sites is 1. The number of pyridine rings is 1. The van der Waals surface area contributed by atoms with E-state index in [1.165, 1.54) is 11.5 Å². The van der Waals surface area contributed by atoms with Crippen molar-refractivity contribution in [2.24, 2.45) is 0 Å². The Kier molecular flexibility index (Phi) is 3.23. The average Bonchev–Trinajstić information content (AvgIpc) is 3.16. The fourth-order valence-corrected chi connectivity index (χ4v) is 2.80. The molecule has 1 aromatic carbocycles. The number of hydrogen-bond acceptors (Lipinski definition) is 7. The fourth-order valence-electron chi connectivity index (χ4n) is 2.34. The summed E-state index contributed by atoms with van der Waals surface area (Å²) in [6.45, 7) is 1.89. The zero-order valence-corrected chi connectivity index (χ0v) is 12.9. The topological polar surface area (TPSA) is 97.6 Å². The summed E-state index contributed by atoms with van der Waals surface area (Å²) in [6, 6.07) is 9.45. The van der Waals surface area contributed by atoms with Gasteiger partial charge in [0.1, 0.15) is 0 Å². The zero-order chi connectivity index (χ0) is 15.8. The predicted octanol–water partition coefficient (Wildman–Crippen LogP) is 2.33. The van der Waals surface area contributed by atoms with Crippen LogP contribution in [0.5, 0.6) is 0 Å². The molecule has 0 bridgehead atoms. The lowest BCUT2D eigenvalue weighted by Crippen LogP contribution is -2.12. The van der Waals surface area contributed by atoms with Crippen LogP contribution in [-0.2, 0) is 6.42 Å². The monoisotopic (exact) mass is 325 g/mol. The van der Waals surface area contributed by atoms with Gasteiger partial charge in [-0.15, -0.1) is 15.3 Å². The first-order valence-corrected chi connectivity index (χ1v) is 7.71. The number of aromatic nitrogens is 5. The molecule has 8 heteroatoms. The molecular weight excluding hydrogens is 314 g/mol. The van der Waals surface area contributed by atoms with Crippen LogP contribution in [0.1, 0.15) is 16.3 Å². The summed E-state index contributed by atoms with van der Waals surface area (Å²) in [4.78, 5) is 15.9. The Morgan fingerprint density at radius 3 is 2.91 bits per heavy atom. The van der Waals surface area contributed by atoms with Crippen LogP contribution in [0.3, 0.4) is 0 Å². The van der Waals surface area contributed by atoms with Crippen LogP contribution in [-0.4, -0.2) is 24.8 Å². The van der Waals surface area contributed by atoms with Gasteiger partial charge in [-0.25, -0.2) is 0 Å². The third kappa shape index (κ3) is 2.53. The van der Waals surface area contributed by atoms with E-state index in [0.29, 0.717) is 23.0 Å². The molecule has 0 aliphatic rings. The van der Waals surface area contributed by atoms with Crippen LogP contribution >= 0.6 is 11.5 Å². The second kappa shape index (κ2) is 5.40. The second-order valence-corrected chi connectivity index (χ2v) is 6.02. The van der Waals surface area contributed by atoms with E-state index < -0.39 is 0 Å². The molecule has 0 amide bonds. The number of hydrogen-bond donors (Lipinski definition) is 1. The molecule has 4 rings (SSSR count). The maximum atomic E-state index is 12.2. The van der Waals surface area contributed by atoms with Gasteiger partial charge in [0.05, 0.1) is 11.3 Å². The van der Waals surface area contributed by atoms with Crippen molar-refractivity contribution < 1.29 is 4.42 Å². The number of rotatable bonds is 3. The summed E-state index contributed by atoms with van der Waals surface area (Å²) in [7, 11) is 0. The Hall–Kier alpha value is -2.87. The third-order valence-corrected chi connectivity index (χ3v) is 4.12. The van der Waals surface area contributed by atoms with Crippen molar-refractivity contribution in [2.75, 3.05) is 0 Å². The lowest BCUT2D eigenvalue weighted by atomic mass is 10.1. The van der Waals surface area contributed by atoms with Crippen molar-refractivity contribution in [1.82, 2.24) is 24.8 Å². The second-order valence-electron chi connectivity index (χ2n) is 5.07. The van der Waals surface area contributed by atoms with Gasteiger partial charge in [0.25, 0.3) is 11.4 Å². The summed E-state index contributed by atoms with van der Waals surface area (Å²) >= 11 is 1.27. The average molecular weight is 325 g/mol. The van der Waals surface area contributed by atoms with Gasteiger partial charge in [-0.1, -0.05) is 22.7 Å². The van der Waals surface area contributed by atoms with Crippen molar-refractivity contribution in [1.29, 1.82) is 0 Å².